The minimum Gasteiger partial charge on any atom is -0.497 e. The molecular weight excluding hydrogens is 238 g/mol. The molecule has 0 aliphatic heterocycles. The maximum absolute atomic E-state index is 9.17. The Labute approximate surface area is 114 Å². The van der Waals surface area contributed by atoms with Crippen molar-refractivity contribution < 1.29 is 4.74 Å². The Hall–Kier alpha value is -1.73. The van der Waals surface area contributed by atoms with E-state index in [4.69, 9.17) is 10.5 Å². The van der Waals surface area contributed by atoms with E-state index in [0.29, 0.717) is 18.0 Å². The Kier molecular flexibility index (Phi) is 4.64. The average Bonchev–Trinajstić information content (AvgIpc) is 2.98. The summed E-state index contributed by atoms with van der Waals surface area (Å²) in [7, 11) is 1.63. The minimum absolute atomic E-state index is 0.238. The first kappa shape index (κ1) is 13.7. The number of hydrogen-bond donors (Lipinski definition) is 2. The van der Waals surface area contributed by atoms with Crippen LogP contribution in [0.25, 0.3) is 0 Å². The molecule has 1 saturated carbocycles. The van der Waals surface area contributed by atoms with Gasteiger partial charge in [0.15, 0.2) is 0 Å². The third-order valence-corrected chi connectivity index (χ3v) is 3.91. The van der Waals surface area contributed by atoms with Crippen molar-refractivity contribution >= 4 is 5.69 Å². The molecule has 0 amide bonds. The standard InChI is InChI=1S/C15H21N3O/c1-19-13-7-6-12(9-16)14(8-13)18-15(10-17)11-4-2-3-5-11/h6-8,11,15,18H,2-5,10,17H2,1H3. The number of hydrogen-bond acceptors (Lipinski definition) is 4. The van der Waals surface area contributed by atoms with Gasteiger partial charge in [-0.2, -0.15) is 5.26 Å². The van der Waals surface area contributed by atoms with E-state index in [-0.39, 0.29) is 6.04 Å². The van der Waals surface area contributed by atoms with Gasteiger partial charge < -0.3 is 15.8 Å². The molecule has 1 aromatic rings. The Morgan fingerprint density at radius 2 is 2.21 bits per heavy atom. The Morgan fingerprint density at radius 1 is 1.47 bits per heavy atom. The van der Waals surface area contributed by atoms with Crippen molar-refractivity contribution in [3.05, 3.63) is 23.8 Å². The highest BCUT2D eigenvalue weighted by Crippen LogP contribution is 2.30. The summed E-state index contributed by atoms with van der Waals surface area (Å²) >= 11 is 0. The largest absolute Gasteiger partial charge is 0.497 e. The fourth-order valence-electron chi connectivity index (χ4n) is 2.80. The van der Waals surface area contributed by atoms with E-state index in [2.05, 4.69) is 11.4 Å². The number of benzene rings is 1. The highest BCUT2D eigenvalue weighted by atomic mass is 16.5. The van der Waals surface area contributed by atoms with Gasteiger partial charge in [-0.25, -0.2) is 0 Å². The molecule has 4 heteroatoms. The predicted octanol–water partition coefficient (Wildman–Crippen LogP) is 2.50. The van der Waals surface area contributed by atoms with Crippen molar-refractivity contribution in [2.75, 3.05) is 19.0 Å². The lowest BCUT2D eigenvalue weighted by Gasteiger charge is -2.25. The van der Waals surface area contributed by atoms with Crippen LogP contribution in [0, 0.1) is 17.2 Å². The van der Waals surface area contributed by atoms with Gasteiger partial charge in [-0.15, -0.1) is 0 Å². The van der Waals surface area contributed by atoms with Gasteiger partial charge in [0.2, 0.25) is 0 Å². The third-order valence-electron chi connectivity index (χ3n) is 3.91. The molecule has 0 aromatic heterocycles. The number of nitriles is 1. The van der Waals surface area contributed by atoms with E-state index >= 15 is 0 Å². The van der Waals surface area contributed by atoms with Gasteiger partial charge in [-0.1, -0.05) is 12.8 Å². The summed E-state index contributed by atoms with van der Waals surface area (Å²) in [4.78, 5) is 0. The zero-order chi connectivity index (χ0) is 13.7. The molecule has 1 atom stereocenters. The number of nitrogens with two attached hydrogens (primary N) is 1. The quantitative estimate of drug-likeness (QED) is 0.852. The third kappa shape index (κ3) is 3.18. The maximum atomic E-state index is 9.17. The molecule has 0 saturated heterocycles. The van der Waals surface area contributed by atoms with Crippen molar-refractivity contribution in [3.8, 4) is 11.8 Å². The molecule has 0 radical (unpaired) electrons. The molecule has 0 spiro atoms. The number of nitrogens with zero attached hydrogens (tertiary/aromatic N) is 1. The molecule has 1 aromatic carbocycles. The van der Waals surface area contributed by atoms with Crippen LogP contribution in [-0.4, -0.2) is 19.7 Å². The van der Waals surface area contributed by atoms with Crippen molar-refractivity contribution in [1.29, 1.82) is 5.26 Å². The summed E-state index contributed by atoms with van der Waals surface area (Å²) in [6.45, 7) is 0.590. The van der Waals surface area contributed by atoms with Crippen LogP contribution in [0.1, 0.15) is 31.2 Å². The van der Waals surface area contributed by atoms with Crippen LogP contribution in [0.5, 0.6) is 5.75 Å². The number of methoxy groups -OCH3 is 1. The van der Waals surface area contributed by atoms with Crippen LogP contribution < -0.4 is 15.8 Å². The van der Waals surface area contributed by atoms with Gasteiger partial charge in [0.1, 0.15) is 11.8 Å². The van der Waals surface area contributed by atoms with Gasteiger partial charge >= 0.3 is 0 Å². The van der Waals surface area contributed by atoms with Crippen LogP contribution in [0.15, 0.2) is 18.2 Å². The van der Waals surface area contributed by atoms with E-state index in [1.807, 2.05) is 6.07 Å². The fraction of sp³-hybridized carbons (Fsp3) is 0.533. The first-order chi connectivity index (χ1) is 9.28. The second-order valence-electron chi connectivity index (χ2n) is 5.05. The number of nitrogens with one attached hydrogen (secondary N) is 1. The zero-order valence-electron chi connectivity index (χ0n) is 11.4. The summed E-state index contributed by atoms with van der Waals surface area (Å²) in [6, 6.07) is 7.90. The summed E-state index contributed by atoms with van der Waals surface area (Å²) in [5, 5.41) is 12.6. The Balaban J connectivity index is 2.17. The minimum atomic E-state index is 0.238. The van der Waals surface area contributed by atoms with E-state index < -0.39 is 0 Å². The number of rotatable bonds is 5. The van der Waals surface area contributed by atoms with Crippen LogP contribution in [0.3, 0.4) is 0 Å². The molecule has 1 fully saturated rings. The van der Waals surface area contributed by atoms with Crippen molar-refractivity contribution in [1.82, 2.24) is 0 Å². The van der Waals surface area contributed by atoms with Crippen LogP contribution in [0.2, 0.25) is 0 Å². The van der Waals surface area contributed by atoms with Gasteiger partial charge in [-0.3, -0.25) is 0 Å². The molecule has 19 heavy (non-hydrogen) atoms. The molecule has 3 N–H and O–H groups in total. The van der Waals surface area contributed by atoms with Crippen LogP contribution >= 0.6 is 0 Å². The molecule has 1 aliphatic carbocycles. The summed E-state index contributed by atoms with van der Waals surface area (Å²) in [5.41, 5.74) is 7.35. The molecule has 2 rings (SSSR count). The molecule has 4 nitrogen and oxygen atoms in total. The first-order valence-electron chi connectivity index (χ1n) is 6.83. The van der Waals surface area contributed by atoms with E-state index in [1.165, 1.54) is 25.7 Å². The highest BCUT2D eigenvalue weighted by molar-refractivity contribution is 5.61. The molecule has 1 aliphatic rings. The topological polar surface area (TPSA) is 71.1 Å². The summed E-state index contributed by atoms with van der Waals surface area (Å²) < 4.78 is 5.21. The van der Waals surface area contributed by atoms with E-state index in [0.717, 1.165) is 11.4 Å². The SMILES string of the molecule is COc1ccc(C#N)c(NC(CN)C2CCCC2)c1. The molecule has 0 heterocycles. The van der Waals surface area contributed by atoms with E-state index in [9.17, 15) is 5.26 Å². The number of anilines is 1. The summed E-state index contributed by atoms with van der Waals surface area (Å²) in [5.74, 6) is 1.37. The molecule has 102 valence electrons. The van der Waals surface area contributed by atoms with Gasteiger partial charge in [-0.05, 0) is 30.9 Å². The van der Waals surface area contributed by atoms with Crippen molar-refractivity contribution in [3.63, 3.8) is 0 Å². The monoisotopic (exact) mass is 259 g/mol. The molecular formula is C15H21N3O. The van der Waals surface area contributed by atoms with Crippen molar-refractivity contribution in [2.45, 2.75) is 31.7 Å². The van der Waals surface area contributed by atoms with Crippen LogP contribution in [-0.2, 0) is 0 Å². The number of ether oxygens (including phenoxy) is 1. The van der Waals surface area contributed by atoms with E-state index in [1.54, 1.807) is 19.2 Å². The molecule has 0 bridgehead atoms. The van der Waals surface area contributed by atoms with Crippen LogP contribution in [0.4, 0.5) is 5.69 Å². The molecule has 1 unspecified atom stereocenters. The smallest absolute Gasteiger partial charge is 0.121 e. The second-order valence-corrected chi connectivity index (χ2v) is 5.05. The average molecular weight is 259 g/mol. The zero-order valence-corrected chi connectivity index (χ0v) is 11.4. The lowest BCUT2D eigenvalue weighted by Crippen LogP contribution is -2.35. The van der Waals surface area contributed by atoms with Crippen molar-refractivity contribution in [2.24, 2.45) is 11.7 Å². The lowest BCUT2D eigenvalue weighted by atomic mass is 9.97. The maximum Gasteiger partial charge on any atom is 0.121 e. The second kappa shape index (κ2) is 6.44. The lowest BCUT2D eigenvalue weighted by molar-refractivity contribution is 0.414. The highest BCUT2D eigenvalue weighted by Gasteiger charge is 2.24. The first-order valence-corrected chi connectivity index (χ1v) is 6.83. The van der Waals surface area contributed by atoms with Gasteiger partial charge in [0.25, 0.3) is 0 Å². The summed E-state index contributed by atoms with van der Waals surface area (Å²) in [6.07, 6.45) is 5.01. The Bertz CT molecular complexity index is 461. The Morgan fingerprint density at radius 3 is 2.79 bits per heavy atom. The van der Waals surface area contributed by atoms with Gasteiger partial charge in [0.05, 0.1) is 18.4 Å². The fourth-order valence-corrected chi connectivity index (χ4v) is 2.80. The predicted molar refractivity (Wildman–Crippen MR) is 76.1 cm³/mol. The normalized spacial score (nSPS) is 16.9. The van der Waals surface area contributed by atoms with Gasteiger partial charge in [0, 0.05) is 18.7 Å².